The van der Waals surface area contributed by atoms with Crippen LogP contribution in [-0.4, -0.2) is 47.6 Å². The van der Waals surface area contributed by atoms with E-state index >= 15 is 4.39 Å². The minimum absolute atomic E-state index is 0.0218. The number of carbonyl (C=O) groups excluding carboxylic acids is 3. The van der Waals surface area contributed by atoms with Crippen LogP contribution in [0.4, 0.5) is 27.6 Å². The number of alkyl halides is 3. The molecule has 3 aromatic carbocycles. The standard InChI is InChI=1S/C36H33F5N2O7/c1-35(2,3)50-34(48)18-5-10-26(37)22(14-18)17-6-12-28(49-4)24(13-17)32(46)43-31-21-9-8-20(23(21)16-29(44)45)30(31)33(47)42-19-7-11-27(38)25(15-19)36(39,40)41/h5-7,10-16,20-21,30-31H,8-9H2,1-4H3,(H,42,47)(H,43,46)(H,44,45)/b23-16-/t20-,21+,30-,31+/m0/s1. The summed E-state index contributed by atoms with van der Waals surface area (Å²) in [6.45, 7) is 5.04. The summed E-state index contributed by atoms with van der Waals surface area (Å²) in [6.07, 6.45) is -3.28. The van der Waals surface area contributed by atoms with Crippen molar-refractivity contribution in [2.24, 2.45) is 17.8 Å². The van der Waals surface area contributed by atoms with Gasteiger partial charge in [0.05, 0.1) is 29.7 Å². The number of anilines is 1. The van der Waals surface area contributed by atoms with Crippen molar-refractivity contribution in [3.05, 3.63) is 94.6 Å². The number of hydrogen-bond acceptors (Lipinski definition) is 6. The Kier molecular flexibility index (Phi) is 9.77. The van der Waals surface area contributed by atoms with Crippen LogP contribution in [0.3, 0.4) is 0 Å². The van der Waals surface area contributed by atoms with Crippen LogP contribution < -0.4 is 15.4 Å². The number of hydrogen-bond donors (Lipinski definition) is 3. The van der Waals surface area contributed by atoms with Crippen LogP contribution >= 0.6 is 0 Å². The fourth-order valence-electron chi connectivity index (χ4n) is 6.67. The smallest absolute Gasteiger partial charge is 0.419 e. The lowest BCUT2D eigenvalue weighted by Crippen LogP contribution is -2.48. The zero-order chi connectivity index (χ0) is 36.7. The molecule has 2 aliphatic rings. The van der Waals surface area contributed by atoms with E-state index in [9.17, 15) is 41.8 Å². The van der Waals surface area contributed by atoms with Crippen LogP contribution in [0, 0.1) is 29.4 Å². The van der Waals surface area contributed by atoms with E-state index in [4.69, 9.17) is 9.47 Å². The van der Waals surface area contributed by atoms with E-state index < -0.39 is 76.5 Å². The number of carboxylic acid groups (broad SMARTS) is 1. The number of halogens is 5. The zero-order valence-electron chi connectivity index (χ0n) is 27.3. The predicted octanol–water partition coefficient (Wildman–Crippen LogP) is 7.02. The lowest BCUT2D eigenvalue weighted by Gasteiger charge is -2.30. The van der Waals surface area contributed by atoms with E-state index in [0.29, 0.717) is 30.5 Å². The number of methoxy groups -OCH3 is 1. The first-order chi connectivity index (χ1) is 23.4. The van der Waals surface area contributed by atoms with Crippen LogP contribution in [0.1, 0.15) is 59.9 Å². The van der Waals surface area contributed by atoms with E-state index in [0.717, 1.165) is 18.2 Å². The third-order valence-electron chi connectivity index (χ3n) is 8.68. The Balaban J connectivity index is 1.48. The van der Waals surface area contributed by atoms with Gasteiger partial charge in [-0.05, 0) is 93.6 Å². The first-order valence-corrected chi connectivity index (χ1v) is 15.5. The van der Waals surface area contributed by atoms with Gasteiger partial charge in [-0.25, -0.2) is 18.4 Å². The van der Waals surface area contributed by atoms with Crippen LogP contribution in [0.2, 0.25) is 0 Å². The van der Waals surface area contributed by atoms with Crippen LogP contribution in [-0.2, 0) is 20.5 Å². The highest BCUT2D eigenvalue weighted by Crippen LogP contribution is 2.53. The number of fused-ring (bicyclic) bond motifs is 2. The average Bonchev–Trinajstić information content (AvgIpc) is 3.54. The highest BCUT2D eigenvalue weighted by atomic mass is 19.4. The molecule has 2 saturated carbocycles. The van der Waals surface area contributed by atoms with Gasteiger partial charge in [-0.2, -0.15) is 13.2 Å². The minimum atomic E-state index is -5.03. The fraction of sp³-hybridized carbons (Fsp3) is 0.333. The fourth-order valence-corrected chi connectivity index (χ4v) is 6.67. The van der Waals surface area contributed by atoms with E-state index in [1.54, 1.807) is 20.8 Å². The first-order valence-electron chi connectivity index (χ1n) is 15.5. The number of carboxylic acids is 1. The molecule has 0 saturated heterocycles. The maximum atomic E-state index is 15.1. The maximum absolute atomic E-state index is 15.1. The number of ether oxygens (including phenoxy) is 2. The molecule has 0 spiro atoms. The van der Waals surface area contributed by atoms with E-state index in [1.165, 1.54) is 37.4 Å². The second-order valence-electron chi connectivity index (χ2n) is 13.1. The molecule has 0 aromatic heterocycles. The number of esters is 1. The SMILES string of the molecule is COc1ccc(-c2cc(C(=O)OC(C)(C)C)ccc2F)cc1C(=O)N[C@H]1[C@@H](C(=O)Nc2ccc(F)c(C(F)(F)F)c2)[C@H]2CC[C@@H]1/C2=C\C(=O)O. The molecular formula is C36H33F5N2O7. The molecular weight excluding hydrogens is 667 g/mol. The second-order valence-corrected chi connectivity index (χ2v) is 13.1. The molecule has 0 aliphatic heterocycles. The molecule has 2 amide bonds. The monoisotopic (exact) mass is 700 g/mol. The molecule has 2 bridgehead atoms. The summed E-state index contributed by atoms with van der Waals surface area (Å²) < 4.78 is 79.8. The molecule has 2 aliphatic carbocycles. The topological polar surface area (TPSA) is 131 Å². The van der Waals surface area contributed by atoms with Crippen LogP contribution in [0.15, 0.2) is 66.2 Å². The van der Waals surface area contributed by atoms with Gasteiger partial charge in [0.25, 0.3) is 5.91 Å². The Labute approximate surface area is 283 Å². The number of benzene rings is 3. The van der Waals surface area contributed by atoms with Crippen molar-refractivity contribution in [3.63, 3.8) is 0 Å². The summed E-state index contributed by atoms with van der Waals surface area (Å²) in [5.41, 5.74) is -2.18. The summed E-state index contributed by atoms with van der Waals surface area (Å²) in [5.74, 6) is -8.07. The number of rotatable bonds is 8. The van der Waals surface area contributed by atoms with Crippen molar-refractivity contribution in [1.29, 1.82) is 0 Å². The van der Waals surface area contributed by atoms with Crippen molar-refractivity contribution >= 4 is 29.4 Å². The Hall–Kier alpha value is -5.27. The number of aliphatic carboxylic acids is 1. The molecule has 4 atom stereocenters. The molecule has 3 N–H and O–H groups in total. The lowest BCUT2D eigenvalue weighted by molar-refractivity contribution is -0.140. The number of nitrogens with one attached hydrogen (secondary N) is 2. The molecule has 264 valence electrons. The van der Waals surface area contributed by atoms with E-state index in [1.807, 2.05) is 0 Å². The predicted molar refractivity (Wildman–Crippen MR) is 170 cm³/mol. The van der Waals surface area contributed by atoms with Crippen molar-refractivity contribution < 1.29 is 55.7 Å². The zero-order valence-corrected chi connectivity index (χ0v) is 27.3. The van der Waals surface area contributed by atoms with E-state index in [2.05, 4.69) is 10.6 Å². The molecule has 14 heteroatoms. The molecule has 0 heterocycles. The average molecular weight is 701 g/mol. The quantitative estimate of drug-likeness (QED) is 0.131. The van der Waals surface area contributed by atoms with Gasteiger partial charge >= 0.3 is 18.1 Å². The Morgan fingerprint density at radius 3 is 2.22 bits per heavy atom. The summed E-state index contributed by atoms with van der Waals surface area (Å²) in [5, 5.41) is 14.7. The van der Waals surface area contributed by atoms with Gasteiger partial charge in [0, 0.05) is 29.3 Å². The summed E-state index contributed by atoms with van der Waals surface area (Å²) >= 11 is 0. The summed E-state index contributed by atoms with van der Waals surface area (Å²) in [4.78, 5) is 52.0. The van der Waals surface area contributed by atoms with Gasteiger partial charge in [0.1, 0.15) is 23.0 Å². The van der Waals surface area contributed by atoms with Gasteiger partial charge in [-0.15, -0.1) is 0 Å². The van der Waals surface area contributed by atoms with E-state index in [-0.39, 0.29) is 33.7 Å². The Morgan fingerprint density at radius 2 is 1.58 bits per heavy atom. The summed E-state index contributed by atoms with van der Waals surface area (Å²) in [7, 11) is 1.30. The van der Waals surface area contributed by atoms with Crippen molar-refractivity contribution in [3.8, 4) is 16.9 Å². The lowest BCUT2D eigenvalue weighted by atomic mass is 9.83. The highest BCUT2D eigenvalue weighted by Gasteiger charge is 2.55. The summed E-state index contributed by atoms with van der Waals surface area (Å²) in [6, 6.07) is 8.84. The van der Waals surface area contributed by atoms with Gasteiger partial charge in [-0.3, -0.25) is 9.59 Å². The van der Waals surface area contributed by atoms with Crippen LogP contribution in [0.25, 0.3) is 11.1 Å². The Bertz CT molecular complexity index is 1900. The van der Waals surface area contributed by atoms with Crippen molar-refractivity contribution in [2.75, 3.05) is 12.4 Å². The molecule has 3 aromatic rings. The number of amides is 2. The normalized spacial score (nSPS) is 20.8. The second kappa shape index (κ2) is 13.6. The van der Waals surface area contributed by atoms with Crippen molar-refractivity contribution in [1.82, 2.24) is 5.32 Å². The van der Waals surface area contributed by atoms with Gasteiger partial charge in [0.2, 0.25) is 5.91 Å². The third-order valence-corrected chi connectivity index (χ3v) is 8.68. The maximum Gasteiger partial charge on any atom is 0.419 e. The van der Waals surface area contributed by atoms with Gasteiger partial charge in [-0.1, -0.05) is 11.6 Å². The van der Waals surface area contributed by atoms with Crippen molar-refractivity contribution in [2.45, 2.75) is 51.4 Å². The minimum Gasteiger partial charge on any atom is -0.496 e. The third kappa shape index (κ3) is 7.48. The van der Waals surface area contributed by atoms with Crippen LogP contribution in [0.5, 0.6) is 5.75 Å². The first kappa shape index (κ1) is 36.0. The molecule has 2 fully saturated rings. The van der Waals surface area contributed by atoms with Gasteiger partial charge < -0.3 is 25.2 Å². The van der Waals surface area contributed by atoms with Gasteiger partial charge in [0.15, 0.2) is 0 Å². The molecule has 9 nitrogen and oxygen atoms in total. The molecule has 50 heavy (non-hydrogen) atoms. The molecule has 5 rings (SSSR count). The number of carbonyl (C=O) groups is 4. The molecule has 0 radical (unpaired) electrons. The highest BCUT2D eigenvalue weighted by molar-refractivity contribution is 6.00. The molecule has 0 unspecified atom stereocenters. The largest absolute Gasteiger partial charge is 0.496 e. The Morgan fingerprint density at radius 1 is 0.900 bits per heavy atom.